The Morgan fingerprint density at radius 2 is 2.25 bits per heavy atom. The van der Waals surface area contributed by atoms with Gasteiger partial charge in [-0.05, 0) is 37.6 Å². The molecule has 0 bridgehead atoms. The number of halogens is 1. The number of methoxy groups -OCH3 is 1. The predicted octanol–water partition coefficient (Wildman–Crippen LogP) is 4.16. The standard InChI is InChI=1S/C15H22BrNO2S/c1-4-8-17-11(2)13-6-5-12(10-14(13)16)20-9-7-15(18)19-3/h5-6,10-11,17H,4,7-9H2,1-3H3. The van der Waals surface area contributed by atoms with Crippen LogP contribution in [0.2, 0.25) is 0 Å². The van der Waals surface area contributed by atoms with Crippen molar-refractivity contribution < 1.29 is 9.53 Å². The Hall–Kier alpha value is -0.520. The Bertz CT molecular complexity index is 440. The van der Waals surface area contributed by atoms with Crippen molar-refractivity contribution in [2.75, 3.05) is 19.4 Å². The number of benzene rings is 1. The minimum atomic E-state index is -0.162. The molecule has 0 aliphatic rings. The molecule has 0 heterocycles. The third-order valence-corrected chi connectivity index (χ3v) is 4.62. The minimum absolute atomic E-state index is 0.162. The molecule has 112 valence electrons. The summed E-state index contributed by atoms with van der Waals surface area (Å²) in [6.07, 6.45) is 1.57. The summed E-state index contributed by atoms with van der Waals surface area (Å²) in [7, 11) is 1.42. The molecule has 20 heavy (non-hydrogen) atoms. The lowest BCUT2D eigenvalue weighted by Gasteiger charge is -2.16. The van der Waals surface area contributed by atoms with E-state index in [0.29, 0.717) is 12.5 Å². The molecule has 1 N–H and O–H groups in total. The molecule has 1 aromatic carbocycles. The number of carbonyl (C=O) groups is 1. The fraction of sp³-hybridized carbons (Fsp3) is 0.533. The SMILES string of the molecule is CCCNC(C)c1ccc(SCCC(=O)OC)cc1Br. The number of carbonyl (C=O) groups excluding carboxylic acids is 1. The molecular weight excluding hydrogens is 338 g/mol. The van der Waals surface area contributed by atoms with E-state index >= 15 is 0 Å². The zero-order valence-corrected chi connectivity index (χ0v) is 14.6. The van der Waals surface area contributed by atoms with Crippen molar-refractivity contribution in [3.63, 3.8) is 0 Å². The second kappa shape index (κ2) is 9.42. The number of ether oxygens (including phenoxy) is 1. The topological polar surface area (TPSA) is 38.3 Å². The van der Waals surface area contributed by atoms with E-state index in [1.54, 1.807) is 11.8 Å². The second-order valence-electron chi connectivity index (χ2n) is 4.53. The van der Waals surface area contributed by atoms with Crippen LogP contribution in [0.25, 0.3) is 0 Å². The van der Waals surface area contributed by atoms with Crippen LogP contribution in [-0.4, -0.2) is 25.4 Å². The van der Waals surface area contributed by atoms with Gasteiger partial charge in [-0.2, -0.15) is 0 Å². The smallest absolute Gasteiger partial charge is 0.306 e. The quantitative estimate of drug-likeness (QED) is 0.558. The highest BCUT2D eigenvalue weighted by Gasteiger charge is 2.09. The molecule has 5 heteroatoms. The van der Waals surface area contributed by atoms with Gasteiger partial charge in [0.1, 0.15) is 0 Å². The van der Waals surface area contributed by atoms with Gasteiger partial charge in [-0.25, -0.2) is 0 Å². The average molecular weight is 360 g/mol. The van der Waals surface area contributed by atoms with Gasteiger partial charge in [-0.1, -0.05) is 28.9 Å². The maximum atomic E-state index is 11.1. The monoisotopic (exact) mass is 359 g/mol. The molecule has 1 aromatic rings. The maximum Gasteiger partial charge on any atom is 0.306 e. The molecule has 0 radical (unpaired) electrons. The summed E-state index contributed by atoms with van der Waals surface area (Å²) in [5.41, 5.74) is 1.26. The molecule has 0 spiro atoms. The van der Waals surface area contributed by atoms with Gasteiger partial charge in [-0.3, -0.25) is 4.79 Å². The molecule has 0 aliphatic heterocycles. The Morgan fingerprint density at radius 1 is 1.50 bits per heavy atom. The van der Waals surface area contributed by atoms with E-state index in [0.717, 1.165) is 28.1 Å². The van der Waals surface area contributed by atoms with Crippen LogP contribution >= 0.6 is 27.7 Å². The van der Waals surface area contributed by atoms with Gasteiger partial charge in [0, 0.05) is 21.2 Å². The molecule has 0 amide bonds. The fourth-order valence-electron chi connectivity index (χ4n) is 1.77. The number of hydrogen-bond acceptors (Lipinski definition) is 4. The molecule has 1 atom stereocenters. The largest absolute Gasteiger partial charge is 0.469 e. The van der Waals surface area contributed by atoms with E-state index in [2.05, 4.69) is 58.0 Å². The maximum absolute atomic E-state index is 11.1. The average Bonchev–Trinajstić information content (AvgIpc) is 2.44. The first-order valence-electron chi connectivity index (χ1n) is 6.81. The van der Waals surface area contributed by atoms with Crippen LogP contribution in [0.3, 0.4) is 0 Å². The molecule has 0 fully saturated rings. The molecule has 0 aromatic heterocycles. The molecule has 1 unspecified atom stereocenters. The molecule has 1 rings (SSSR count). The lowest BCUT2D eigenvalue weighted by molar-refractivity contribution is -0.140. The highest BCUT2D eigenvalue weighted by molar-refractivity contribution is 9.10. The van der Waals surface area contributed by atoms with Gasteiger partial charge in [-0.15, -0.1) is 11.8 Å². The highest BCUT2D eigenvalue weighted by Crippen LogP contribution is 2.29. The van der Waals surface area contributed by atoms with E-state index in [9.17, 15) is 4.79 Å². The lowest BCUT2D eigenvalue weighted by Crippen LogP contribution is -2.19. The van der Waals surface area contributed by atoms with Crippen molar-refractivity contribution >= 4 is 33.7 Å². The van der Waals surface area contributed by atoms with Crippen LogP contribution in [0, 0.1) is 0 Å². The first-order chi connectivity index (χ1) is 9.58. The van der Waals surface area contributed by atoms with Crippen molar-refractivity contribution in [3.8, 4) is 0 Å². The van der Waals surface area contributed by atoms with Gasteiger partial charge in [0.2, 0.25) is 0 Å². The van der Waals surface area contributed by atoms with Crippen LogP contribution < -0.4 is 5.32 Å². The van der Waals surface area contributed by atoms with Gasteiger partial charge >= 0.3 is 5.97 Å². The Balaban J connectivity index is 2.56. The summed E-state index contributed by atoms with van der Waals surface area (Å²) in [5, 5.41) is 3.48. The van der Waals surface area contributed by atoms with Crippen LogP contribution in [0.4, 0.5) is 0 Å². The van der Waals surface area contributed by atoms with E-state index in [1.807, 2.05) is 0 Å². The summed E-state index contributed by atoms with van der Waals surface area (Å²) in [6.45, 7) is 5.35. The first-order valence-corrected chi connectivity index (χ1v) is 8.58. The Labute approximate surface area is 134 Å². The van der Waals surface area contributed by atoms with Crippen LogP contribution in [0.1, 0.15) is 38.3 Å². The summed E-state index contributed by atoms with van der Waals surface area (Å²) in [4.78, 5) is 12.2. The lowest BCUT2D eigenvalue weighted by atomic mass is 10.1. The van der Waals surface area contributed by atoms with E-state index < -0.39 is 0 Å². The molecular formula is C15H22BrNO2S. The number of thioether (sulfide) groups is 1. The Morgan fingerprint density at radius 3 is 2.85 bits per heavy atom. The second-order valence-corrected chi connectivity index (χ2v) is 6.56. The molecule has 0 saturated carbocycles. The number of nitrogens with one attached hydrogen (secondary N) is 1. The van der Waals surface area contributed by atoms with Gasteiger partial charge in [0.05, 0.1) is 13.5 Å². The number of hydrogen-bond donors (Lipinski definition) is 1. The predicted molar refractivity (Wildman–Crippen MR) is 88.2 cm³/mol. The van der Waals surface area contributed by atoms with Gasteiger partial charge in [0.25, 0.3) is 0 Å². The van der Waals surface area contributed by atoms with Crippen LogP contribution in [0.5, 0.6) is 0 Å². The number of esters is 1. The minimum Gasteiger partial charge on any atom is -0.469 e. The van der Waals surface area contributed by atoms with Crippen molar-refractivity contribution in [2.45, 2.75) is 37.6 Å². The van der Waals surface area contributed by atoms with E-state index in [-0.39, 0.29) is 5.97 Å². The van der Waals surface area contributed by atoms with Crippen molar-refractivity contribution in [2.24, 2.45) is 0 Å². The van der Waals surface area contributed by atoms with Crippen molar-refractivity contribution in [3.05, 3.63) is 28.2 Å². The summed E-state index contributed by atoms with van der Waals surface area (Å²) >= 11 is 5.29. The van der Waals surface area contributed by atoms with Gasteiger partial charge in [0.15, 0.2) is 0 Å². The van der Waals surface area contributed by atoms with E-state index in [1.165, 1.54) is 12.7 Å². The molecule has 3 nitrogen and oxygen atoms in total. The van der Waals surface area contributed by atoms with Crippen molar-refractivity contribution in [1.82, 2.24) is 5.32 Å². The normalized spacial score (nSPS) is 12.2. The zero-order valence-electron chi connectivity index (χ0n) is 12.2. The first kappa shape index (κ1) is 17.5. The summed E-state index contributed by atoms with van der Waals surface area (Å²) < 4.78 is 5.74. The Kier molecular flexibility index (Phi) is 8.26. The molecule has 0 saturated heterocycles. The van der Waals surface area contributed by atoms with Gasteiger partial charge < -0.3 is 10.1 Å². The number of rotatable bonds is 8. The zero-order chi connectivity index (χ0) is 15.0. The fourth-order valence-corrected chi connectivity index (χ4v) is 3.52. The third-order valence-electron chi connectivity index (χ3n) is 2.94. The van der Waals surface area contributed by atoms with Crippen LogP contribution in [-0.2, 0) is 9.53 Å². The van der Waals surface area contributed by atoms with Crippen LogP contribution in [0.15, 0.2) is 27.6 Å². The third kappa shape index (κ3) is 5.85. The van der Waals surface area contributed by atoms with Crippen molar-refractivity contribution in [1.29, 1.82) is 0 Å². The van der Waals surface area contributed by atoms with E-state index in [4.69, 9.17) is 0 Å². The highest BCUT2D eigenvalue weighted by atomic mass is 79.9. The summed E-state index contributed by atoms with van der Waals surface area (Å²) in [6, 6.07) is 6.68. The molecule has 0 aliphatic carbocycles. The summed E-state index contributed by atoms with van der Waals surface area (Å²) in [5.74, 6) is 0.577.